The van der Waals surface area contributed by atoms with Crippen LogP contribution in [0.15, 0.2) is 18.7 Å². The van der Waals surface area contributed by atoms with Crippen LogP contribution in [0.4, 0.5) is 0 Å². The molecule has 2 N–H and O–H groups in total. The molecule has 0 saturated heterocycles. The number of aliphatic hydroxyl groups is 2. The first-order valence-corrected chi connectivity index (χ1v) is 4.79. The van der Waals surface area contributed by atoms with Crippen LogP contribution in [0.2, 0.25) is 0 Å². The summed E-state index contributed by atoms with van der Waals surface area (Å²) in [6.45, 7) is 3.69. The molecule has 0 fully saturated rings. The molecule has 0 aliphatic carbocycles. The lowest BCUT2D eigenvalue weighted by molar-refractivity contribution is -0.0823. The van der Waals surface area contributed by atoms with Crippen molar-refractivity contribution in [3.8, 4) is 0 Å². The molecule has 0 aromatic carbocycles. The maximum absolute atomic E-state index is 10.0. The van der Waals surface area contributed by atoms with Gasteiger partial charge in [-0.05, 0) is 12.8 Å². The van der Waals surface area contributed by atoms with Gasteiger partial charge in [-0.25, -0.2) is 9.97 Å². The number of aromatic nitrogens is 2. The summed E-state index contributed by atoms with van der Waals surface area (Å²) in [4.78, 5) is 7.61. The average molecular weight is 196 g/mol. The molecule has 1 heterocycles. The summed E-state index contributed by atoms with van der Waals surface area (Å²) in [5, 5.41) is 20.0. The van der Waals surface area contributed by atoms with Crippen molar-refractivity contribution in [3.05, 3.63) is 24.3 Å². The molecular weight excluding hydrogens is 180 g/mol. The molecule has 1 aromatic rings. The van der Waals surface area contributed by atoms with Crippen molar-refractivity contribution in [2.24, 2.45) is 0 Å². The van der Waals surface area contributed by atoms with Gasteiger partial charge < -0.3 is 10.2 Å². The standard InChI is InChI=1S/C10H16N2O2/c1-3-10(14,4-2)9(13)8-5-11-7-12-6-8/h5-7,9,13-14H,3-4H2,1-2H3. The van der Waals surface area contributed by atoms with Gasteiger partial charge in [0.25, 0.3) is 0 Å². The molecule has 0 aliphatic heterocycles. The average Bonchev–Trinajstić information content (AvgIpc) is 2.28. The van der Waals surface area contributed by atoms with Crippen LogP contribution in [0.3, 0.4) is 0 Å². The lowest BCUT2D eigenvalue weighted by Gasteiger charge is -2.30. The molecule has 1 atom stereocenters. The van der Waals surface area contributed by atoms with E-state index in [0.717, 1.165) is 0 Å². The Hall–Kier alpha value is -1.00. The van der Waals surface area contributed by atoms with Crippen molar-refractivity contribution < 1.29 is 10.2 Å². The zero-order valence-corrected chi connectivity index (χ0v) is 8.51. The molecule has 78 valence electrons. The highest BCUT2D eigenvalue weighted by Crippen LogP contribution is 2.30. The second-order valence-electron chi connectivity index (χ2n) is 3.39. The molecule has 14 heavy (non-hydrogen) atoms. The molecule has 1 rings (SSSR count). The Morgan fingerprint density at radius 3 is 2.21 bits per heavy atom. The molecule has 0 bridgehead atoms. The molecule has 4 heteroatoms. The highest BCUT2D eigenvalue weighted by Gasteiger charge is 2.33. The van der Waals surface area contributed by atoms with E-state index in [9.17, 15) is 10.2 Å². The van der Waals surface area contributed by atoms with Gasteiger partial charge in [0.05, 0.1) is 5.60 Å². The van der Waals surface area contributed by atoms with Gasteiger partial charge >= 0.3 is 0 Å². The van der Waals surface area contributed by atoms with Gasteiger partial charge in [0.2, 0.25) is 0 Å². The molecule has 0 radical (unpaired) electrons. The van der Waals surface area contributed by atoms with Crippen LogP contribution in [0, 0.1) is 0 Å². The summed E-state index contributed by atoms with van der Waals surface area (Å²) < 4.78 is 0. The molecular formula is C10H16N2O2. The van der Waals surface area contributed by atoms with Crippen LogP contribution >= 0.6 is 0 Å². The summed E-state index contributed by atoms with van der Waals surface area (Å²) in [5.74, 6) is 0. The molecule has 1 unspecified atom stereocenters. The Bertz CT molecular complexity index is 273. The molecule has 1 aromatic heterocycles. The maximum atomic E-state index is 10.0. The Labute approximate surface area is 83.6 Å². The quantitative estimate of drug-likeness (QED) is 0.755. The van der Waals surface area contributed by atoms with E-state index in [2.05, 4.69) is 9.97 Å². The van der Waals surface area contributed by atoms with Crippen LogP contribution in [0.25, 0.3) is 0 Å². The van der Waals surface area contributed by atoms with E-state index in [0.29, 0.717) is 18.4 Å². The Balaban J connectivity index is 2.89. The van der Waals surface area contributed by atoms with E-state index in [1.54, 1.807) is 0 Å². The summed E-state index contributed by atoms with van der Waals surface area (Å²) >= 11 is 0. The fourth-order valence-corrected chi connectivity index (χ4v) is 1.40. The highest BCUT2D eigenvalue weighted by atomic mass is 16.3. The molecule has 0 spiro atoms. The maximum Gasteiger partial charge on any atom is 0.115 e. The summed E-state index contributed by atoms with van der Waals surface area (Å²) in [6.07, 6.45) is 4.52. The van der Waals surface area contributed by atoms with Crippen molar-refractivity contribution in [3.63, 3.8) is 0 Å². The van der Waals surface area contributed by atoms with Crippen LogP contribution in [-0.2, 0) is 0 Å². The Morgan fingerprint density at radius 1 is 1.29 bits per heavy atom. The van der Waals surface area contributed by atoms with E-state index in [-0.39, 0.29) is 0 Å². The SMILES string of the molecule is CCC(O)(CC)C(O)c1cncnc1. The van der Waals surface area contributed by atoms with Crippen LogP contribution in [0.5, 0.6) is 0 Å². The number of rotatable bonds is 4. The lowest BCUT2D eigenvalue weighted by atomic mass is 9.87. The van der Waals surface area contributed by atoms with Crippen molar-refractivity contribution >= 4 is 0 Å². The number of nitrogens with zero attached hydrogens (tertiary/aromatic N) is 2. The summed E-state index contributed by atoms with van der Waals surface area (Å²) in [5.41, 5.74) is -0.524. The first kappa shape index (κ1) is 11.1. The van der Waals surface area contributed by atoms with Gasteiger partial charge in [-0.15, -0.1) is 0 Å². The zero-order valence-electron chi connectivity index (χ0n) is 8.51. The van der Waals surface area contributed by atoms with Crippen molar-refractivity contribution in [1.29, 1.82) is 0 Å². The predicted octanol–water partition coefficient (Wildman–Crippen LogP) is 1.06. The van der Waals surface area contributed by atoms with Crippen LogP contribution in [-0.4, -0.2) is 25.8 Å². The minimum absolute atomic E-state index is 0.500. The smallest absolute Gasteiger partial charge is 0.115 e. The minimum Gasteiger partial charge on any atom is -0.387 e. The van der Waals surface area contributed by atoms with Gasteiger partial charge in [0.1, 0.15) is 12.4 Å². The van der Waals surface area contributed by atoms with Crippen molar-refractivity contribution in [1.82, 2.24) is 9.97 Å². The van der Waals surface area contributed by atoms with E-state index < -0.39 is 11.7 Å². The fraction of sp³-hybridized carbons (Fsp3) is 0.600. The van der Waals surface area contributed by atoms with Crippen LogP contribution in [0.1, 0.15) is 38.4 Å². The van der Waals surface area contributed by atoms with Gasteiger partial charge in [-0.2, -0.15) is 0 Å². The summed E-state index contributed by atoms with van der Waals surface area (Å²) in [6, 6.07) is 0. The third-order valence-corrected chi connectivity index (χ3v) is 2.63. The Kier molecular flexibility index (Phi) is 3.55. The second kappa shape index (κ2) is 4.48. The van der Waals surface area contributed by atoms with Crippen molar-refractivity contribution in [2.75, 3.05) is 0 Å². The third-order valence-electron chi connectivity index (χ3n) is 2.63. The third kappa shape index (κ3) is 2.08. The zero-order chi connectivity index (χ0) is 10.6. The van der Waals surface area contributed by atoms with E-state index >= 15 is 0 Å². The predicted molar refractivity (Wildman–Crippen MR) is 52.5 cm³/mol. The number of hydrogen-bond donors (Lipinski definition) is 2. The number of aliphatic hydroxyl groups excluding tert-OH is 1. The van der Waals surface area contributed by atoms with Gasteiger partial charge in [0.15, 0.2) is 0 Å². The molecule has 4 nitrogen and oxygen atoms in total. The normalized spacial score (nSPS) is 14.0. The highest BCUT2D eigenvalue weighted by molar-refractivity contribution is 5.11. The first-order valence-electron chi connectivity index (χ1n) is 4.79. The molecule has 0 amide bonds. The monoisotopic (exact) mass is 196 g/mol. The minimum atomic E-state index is -1.08. The van der Waals surface area contributed by atoms with Gasteiger partial charge in [-0.3, -0.25) is 0 Å². The van der Waals surface area contributed by atoms with Gasteiger partial charge in [0, 0.05) is 18.0 Å². The van der Waals surface area contributed by atoms with Gasteiger partial charge in [-0.1, -0.05) is 13.8 Å². The number of hydrogen-bond acceptors (Lipinski definition) is 4. The molecule has 0 aliphatic rings. The fourth-order valence-electron chi connectivity index (χ4n) is 1.40. The molecule has 0 saturated carbocycles. The summed E-state index contributed by atoms with van der Waals surface area (Å²) in [7, 11) is 0. The van der Waals surface area contributed by atoms with E-state index in [4.69, 9.17) is 0 Å². The van der Waals surface area contributed by atoms with Crippen molar-refractivity contribution in [2.45, 2.75) is 38.4 Å². The largest absolute Gasteiger partial charge is 0.387 e. The van der Waals surface area contributed by atoms with E-state index in [1.807, 2.05) is 13.8 Å². The lowest BCUT2D eigenvalue weighted by Crippen LogP contribution is -2.34. The second-order valence-corrected chi connectivity index (χ2v) is 3.39. The topological polar surface area (TPSA) is 66.2 Å². The Morgan fingerprint density at radius 2 is 1.79 bits per heavy atom. The first-order chi connectivity index (χ1) is 6.64. The van der Waals surface area contributed by atoms with Crippen LogP contribution < -0.4 is 0 Å². The van der Waals surface area contributed by atoms with E-state index in [1.165, 1.54) is 18.7 Å².